The number of rotatable bonds is 5. The predicted octanol–water partition coefficient (Wildman–Crippen LogP) is 2.57. The monoisotopic (exact) mass is 371 g/mol. The third kappa shape index (κ3) is 5.83. The highest BCUT2D eigenvalue weighted by Gasteiger charge is 2.32. The first-order valence-corrected chi connectivity index (χ1v) is 9.90. The van der Waals surface area contributed by atoms with Crippen LogP contribution in [0.25, 0.3) is 0 Å². The molecule has 0 aromatic carbocycles. The van der Waals surface area contributed by atoms with Gasteiger partial charge in [0.25, 0.3) is 0 Å². The second-order valence-corrected chi connectivity index (χ2v) is 8.09. The van der Waals surface area contributed by atoms with Crippen molar-refractivity contribution in [2.75, 3.05) is 39.5 Å². The van der Waals surface area contributed by atoms with Crippen molar-refractivity contribution >= 4 is 12.0 Å². The highest BCUT2D eigenvalue weighted by atomic mass is 19.1. The Hall–Kier alpha value is -1.37. The van der Waals surface area contributed by atoms with Gasteiger partial charge in [-0.1, -0.05) is 0 Å². The van der Waals surface area contributed by atoms with Crippen LogP contribution in [0.5, 0.6) is 0 Å². The van der Waals surface area contributed by atoms with Crippen molar-refractivity contribution in [1.82, 2.24) is 15.1 Å². The Balaban J connectivity index is 1.79. The van der Waals surface area contributed by atoms with Crippen molar-refractivity contribution in [1.29, 1.82) is 0 Å². The maximum atomic E-state index is 12.9. The summed E-state index contributed by atoms with van der Waals surface area (Å²) in [5.74, 6) is -0.0551. The molecule has 2 saturated heterocycles. The van der Waals surface area contributed by atoms with Crippen molar-refractivity contribution in [3.05, 3.63) is 0 Å². The second-order valence-electron chi connectivity index (χ2n) is 8.09. The molecule has 2 fully saturated rings. The Morgan fingerprint density at radius 2 is 1.81 bits per heavy atom. The van der Waals surface area contributed by atoms with Crippen LogP contribution in [-0.4, -0.2) is 72.8 Å². The van der Waals surface area contributed by atoms with Crippen molar-refractivity contribution in [2.24, 2.45) is 5.92 Å². The maximum Gasteiger partial charge on any atom is 0.409 e. The van der Waals surface area contributed by atoms with Crippen molar-refractivity contribution in [3.8, 4) is 0 Å². The van der Waals surface area contributed by atoms with Gasteiger partial charge in [0.1, 0.15) is 6.67 Å². The van der Waals surface area contributed by atoms with E-state index < -0.39 is 12.2 Å². The van der Waals surface area contributed by atoms with Gasteiger partial charge < -0.3 is 19.9 Å². The zero-order valence-corrected chi connectivity index (χ0v) is 16.4. The summed E-state index contributed by atoms with van der Waals surface area (Å²) >= 11 is 0. The van der Waals surface area contributed by atoms with Crippen LogP contribution in [0, 0.1) is 5.92 Å². The molecule has 2 amide bonds. The van der Waals surface area contributed by atoms with Gasteiger partial charge in [-0.2, -0.15) is 0 Å². The molecule has 2 rings (SSSR count). The molecule has 1 N–H and O–H groups in total. The number of amides is 2. The van der Waals surface area contributed by atoms with E-state index in [4.69, 9.17) is 4.74 Å². The lowest BCUT2D eigenvalue weighted by molar-refractivity contribution is -0.128. The van der Waals surface area contributed by atoms with Crippen molar-refractivity contribution in [3.63, 3.8) is 0 Å². The Bertz CT molecular complexity index is 479. The number of hydrogen-bond donors (Lipinski definition) is 1. The van der Waals surface area contributed by atoms with Gasteiger partial charge in [-0.05, 0) is 66.0 Å². The SMILES string of the molecule is CCOC(=O)N1CCCC(N2CCC(C(=O)NC(C)(C)CF)CC2)CC1. The highest BCUT2D eigenvalue weighted by molar-refractivity contribution is 5.79. The predicted molar refractivity (Wildman–Crippen MR) is 98.7 cm³/mol. The van der Waals surface area contributed by atoms with Crippen molar-refractivity contribution in [2.45, 2.75) is 64.5 Å². The van der Waals surface area contributed by atoms with E-state index in [1.807, 2.05) is 11.8 Å². The molecule has 1 unspecified atom stereocenters. The topological polar surface area (TPSA) is 61.9 Å². The minimum atomic E-state index is -0.786. The van der Waals surface area contributed by atoms with Crippen LogP contribution in [0.1, 0.15) is 52.9 Å². The fourth-order valence-electron chi connectivity index (χ4n) is 3.84. The number of alkyl halides is 1. The van der Waals surface area contributed by atoms with Gasteiger partial charge in [0.2, 0.25) is 5.91 Å². The molecule has 7 heteroatoms. The van der Waals surface area contributed by atoms with Gasteiger partial charge in [0, 0.05) is 25.0 Å². The average molecular weight is 371 g/mol. The van der Waals surface area contributed by atoms with Crippen molar-refractivity contribution < 1.29 is 18.7 Å². The second kappa shape index (κ2) is 9.53. The van der Waals surface area contributed by atoms with Crippen LogP contribution in [0.2, 0.25) is 0 Å². The number of nitrogens with zero attached hydrogens (tertiary/aromatic N) is 2. The molecule has 2 aliphatic rings. The van der Waals surface area contributed by atoms with Gasteiger partial charge in [-0.25, -0.2) is 9.18 Å². The average Bonchev–Trinajstić information content (AvgIpc) is 2.88. The Labute approximate surface area is 156 Å². The summed E-state index contributed by atoms with van der Waals surface area (Å²) in [4.78, 5) is 28.5. The molecule has 6 nitrogen and oxygen atoms in total. The lowest BCUT2D eigenvalue weighted by atomic mass is 9.92. The maximum absolute atomic E-state index is 12.9. The molecule has 0 aliphatic carbocycles. The summed E-state index contributed by atoms with van der Waals surface area (Å²) in [6.07, 6.45) is 4.42. The quantitative estimate of drug-likeness (QED) is 0.807. The lowest BCUT2D eigenvalue weighted by Crippen LogP contribution is -2.50. The molecular formula is C19H34FN3O3. The molecule has 0 spiro atoms. The van der Waals surface area contributed by atoms with E-state index in [0.717, 1.165) is 58.3 Å². The van der Waals surface area contributed by atoms with Gasteiger partial charge in [0.05, 0.1) is 12.1 Å². The minimum Gasteiger partial charge on any atom is -0.450 e. The van der Waals surface area contributed by atoms with Gasteiger partial charge in [0.15, 0.2) is 0 Å². The molecular weight excluding hydrogens is 337 g/mol. The van der Waals surface area contributed by atoms with Gasteiger partial charge in [-0.3, -0.25) is 4.79 Å². The van der Waals surface area contributed by atoms with Gasteiger partial charge in [-0.15, -0.1) is 0 Å². The number of ether oxygens (including phenoxy) is 1. The number of piperidine rings is 1. The fourth-order valence-corrected chi connectivity index (χ4v) is 3.84. The number of likely N-dealkylation sites (tertiary alicyclic amines) is 2. The minimum absolute atomic E-state index is 0.0262. The Kier molecular flexibility index (Phi) is 7.68. The number of carbonyl (C=O) groups is 2. The third-order valence-corrected chi connectivity index (χ3v) is 5.44. The summed E-state index contributed by atoms with van der Waals surface area (Å²) in [6.45, 7) is 8.36. The number of carbonyl (C=O) groups excluding carboxylic acids is 2. The van der Waals surface area contributed by atoms with Crippen LogP contribution >= 0.6 is 0 Å². The number of nitrogens with one attached hydrogen (secondary N) is 1. The third-order valence-electron chi connectivity index (χ3n) is 5.44. The van der Waals surface area contributed by atoms with Gasteiger partial charge >= 0.3 is 6.09 Å². The molecule has 26 heavy (non-hydrogen) atoms. The number of hydrogen-bond acceptors (Lipinski definition) is 4. The normalized spacial score (nSPS) is 23.4. The number of halogens is 1. The van der Waals surface area contributed by atoms with Crippen LogP contribution in [0.4, 0.5) is 9.18 Å². The smallest absolute Gasteiger partial charge is 0.409 e. The summed E-state index contributed by atoms with van der Waals surface area (Å²) in [7, 11) is 0. The van der Waals surface area contributed by atoms with Crippen LogP contribution in [0.3, 0.4) is 0 Å². The molecule has 2 heterocycles. The fraction of sp³-hybridized carbons (Fsp3) is 0.895. The molecule has 0 aromatic rings. The van der Waals surface area contributed by atoms with E-state index in [-0.39, 0.29) is 17.9 Å². The molecule has 0 bridgehead atoms. The zero-order valence-electron chi connectivity index (χ0n) is 16.4. The lowest BCUT2D eigenvalue weighted by Gasteiger charge is -2.37. The summed E-state index contributed by atoms with van der Waals surface area (Å²) in [5.41, 5.74) is -0.786. The van der Waals surface area contributed by atoms with Crippen LogP contribution in [0.15, 0.2) is 0 Å². The van der Waals surface area contributed by atoms with E-state index >= 15 is 0 Å². The van der Waals surface area contributed by atoms with E-state index in [9.17, 15) is 14.0 Å². The van der Waals surface area contributed by atoms with Crippen LogP contribution < -0.4 is 5.32 Å². The molecule has 0 saturated carbocycles. The Morgan fingerprint density at radius 1 is 1.12 bits per heavy atom. The largest absolute Gasteiger partial charge is 0.450 e. The highest BCUT2D eigenvalue weighted by Crippen LogP contribution is 2.25. The Morgan fingerprint density at radius 3 is 2.42 bits per heavy atom. The van der Waals surface area contributed by atoms with E-state index in [0.29, 0.717) is 12.6 Å². The first-order chi connectivity index (χ1) is 12.4. The van der Waals surface area contributed by atoms with E-state index in [1.165, 1.54) is 0 Å². The molecule has 1 atom stereocenters. The van der Waals surface area contributed by atoms with E-state index in [2.05, 4.69) is 10.2 Å². The first kappa shape index (κ1) is 20.9. The first-order valence-electron chi connectivity index (χ1n) is 9.90. The molecule has 2 aliphatic heterocycles. The standard InChI is InChI=1S/C19H34FN3O3/c1-4-26-18(25)23-10-5-6-16(9-13-23)22-11-7-15(8-12-22)17(24)21-19(2,3)14-20/h15-16H,4-14H2,1-3H3,(H,21,24). The summed E-state index contributed by atoms with van der Waals surface area (Å²) in [6, 6.07) is 0.459. The molecule has 0 radical (unpaired) electrons. The molecule has 0 aromatic heterocycles. The summed E-state index contributed by atoms with van der Waals surface area (Å²) in [5, 5.41) is 2.82. The molecule has 150 valence electrons. The van der Waals surface area contributed by atoms with E-state index in [1.54, 1.807) is 13.8 Å². The van der Waals surface area contributed by atoms with Crippen LogP contribution in [-0.2, 0) is 9.53 Å². The summed E-state index contributed by atoms with van der Waals surface area (Å²) < 4.78 is 18.0. The zero-order chi connectivity index (χ0) is 19.2.